The van der Waals surface area contributed by atoms with Crippen LogP contribution >= 0.6 is 0 Å². The number of hydrazine groups is 3. The molecular formula is C12H21N5. The van der Waals surface area contributed by atoms with E-state index in [1.165, 1.54) is 5.56 Å². The average Bonchev–Trinajstić information content (AvgIpc) is 2.88. The summed E-state index contributed by atoms with van der Waals surface area (Å²) in [7, 11) is 0. The van der Waals surface area contributed by atoms with Crippen molar-refractivity contribution in [3.8, 4) is 0 Å². The van der Waals surface area contributed by atoms with Crippen molar-refractivity contribution in [3.05, 3.63) is 35.9 Å². The van der Waals surface area contributed by atoms with E-state index >= 15 is 0 Å². The number of hydrogen-bond donors (Lipinski definition) is 5. The SMILES string of the molecule is CC(CCNCC1NNNN1)c1ccccc1. The zero-order chi connectivity index (χ0) is 11.9. The van der Waals surface area contributed by atoms with E-state index in [2.05, 4.69) is 64.5 Å². The van der Waals surface area contributed by atoms with Crippen molar-refractivity contribution in [2.75, 3.05) is 13.1 Å². The molecule has 1 aromatic carbocycles. The van der Waals surface area contributed by atoms with E-state index in [4.69, 9.17) is 0 Å². The summed E-state index contributed by atoms with van der Waals surface area (Å²) in [6.45, 7) is 4.18. The van der Waals surface area contributed by atoms with E-state index in [-0.39, 0.29) is 6.17 Å². The van der Waals surface area contributed by atoms with Gasteiger partial charge in [0.05, 0.1) is 6.17 Å². The molecule has 5 N–H and O–H groups in total. The van der Waals surface area contributed by atoms with Gasteiger partial charge in [-0.25, -0.2) is 10.9 Å². The second-order valence-corrected chi connectivity index (χ2v) is 4.40. The molecule has 0 aliphatic carbocycles. The van der Waals surface area contributed by atoms with E-state index in [0.29, 0.717) is 5.92 Å². The predicted octanol–water partition coefficient (Wildman–Crippen LogP) is 0.213. The maximum Gasteiger partial charge on any atom is 0.0982 e. The molecule has 1 atom stereocenters. The van der Waals surface area contributed by atoms with E-state index in [1.807, 2.05) is 0 Å². The molecule has 1 fully saturated rings. The molecule has 0 spiro atoms. The lowest BCUT2D eigenvalue weighted by atomic mass is 9.98. The summed E-state index contributed by atoms with van der Waals surface area (Å²) in [6, 6.07) is 10.6. The van der Waals surface area contributed by atoms with Gasteiger partial charge in [0.15, 0.2) is 0 Å². The molecule has 1 aromatic rings. The van der Waals surface area contributed by atoms with Crippen molar-refractivity contribution in [1.29, 1.82) is 0 Å². The first kappa shape index (κ1) is 12.5. The number of benzene rings is 1. The second-order valence-electron chi connectivity index (χ2n) is 4.40. The van der Waals surface area contributed by atoms with Gasteiger partial charge in [-0.2, -0.15) is 11.1 Å². The smallest absolute Gasteiger partial charge is 0.0982 e. The van der Waals surface area contributed by atoms with Crippen molar-refractivity contribution in [2.45, 2.75) is 25.4 Å². The molecule has 1 unspecified atom stereocenters. The molecule has 2 rings (SSSR count). The summed E-state index contributed by atoms with van der Waals surface area (Å²) in [5.74, 6) is 0.601. The summed E-state index contributed by atoms with van der Waals surface area (Å²) in [4.78, 5) is 0. The highest BCUT2D eigenvalue weighted by Crippen LogP contribution is 2.17. The summed E-state index contributed by atoms with van der Waals surface area (Å²) >= 11 is 0. The Bertz CT molecular complexity index is 310. The fourth-order valence-electron chi connectivity index (χ4n) is 1.90. The van der Waals surface area contributed by atoms with Crippen LogP contribution in [0.3, 0.4) is 0 Å². The minimum atomic E-state index is 0.238. The number of hydrogen-bond acceptors (Lipinski definition) is 5. The zero-order valence-electron chi connectivity index (χ0n) is 10.2. The van der Waals surface area contributed by atoms with Gasteiger partial charge in [-0.05, 0) is 24.4 Å². The van der Waals surface area contributed by atoms with Gasteiger partial charge < -0.3 is 5.32 Å². The Labute approximate surface area is 102 Å². The van der Waals surface area contributed by atoms with Crippen molar-refractivity contribution in [3.63, 3.8) is 0 Å². The Morgan fingerprint density at radius 3 is 2.59 bits per heavy atom. The Morgan fingerprint density at radius 2 is 1.88 bits per heavy atom. The minimum absolute atomic E-state index is 0.238. The molecule has 1 aliphatic rings. The van der Waals surface area contributed by atoms with Crippen molar-refractivity contribution in [2.24, 2.45) is 0 Å². The van der Waals surface area contributed by atoms with E-state index < -0.39 is 0 Å². The van der Waals surface area contributed by atoms with Gasteiger partial charge in [-0.1, -0.05) is 37.3 Å². The first-order chi connectivity index (χ1) is 8.36. The molecule has 1 aliphatic heterocycles. The highest BCUT2D eigenvalue weighted by molar-refractivity contribution is 5.18. The Kier molecular flexibility index (Phi) is 4.90. The molecule has 1 heterocycles. The standard InChI is InChI=1S/C12H21N5/c1-10(11-5-3-2-4-6-11)7-8-13-9-12-14-16-17-15-12/h2-6,10,12-17H,7-9H2,1H3. The monoisotopic (exact) mass is 235 g/mol. The van der Waals surface area contributed by atoms with Gasteiger partial charge in [0, 0.05) is 6.54 Å². The molecule has 94 valence electrons. The van der Waals surface area contributed by atoms with Gasteiger partial charge in [0.1, 0.15) is 0 Å². The molecule has 5 heteroatoms. The normalized spacial score (nSPS) is 18.4. The van der Waals surface area contributed by atoms with Crippen LogP contribution < -0.4 is 27.2 Å². The average molecular weight is 235 g/mol. The molecule has 0 aromatic heterocycles. The minimum Gasteiger partial charge on any atom is -0.314 e. The number of nitrogens with one attached hydrogen (secondary N) is 5. The first-order valence-electron chi connectivity index (χ1n) is 6.13. The molecular weight excluding hydrogens is 214 g/mol. The Balaban J connectivity index is 1.61. The second kappa shape index (κ2) is 6.68. The van der Waals surface area contributed by atoms with Crippen LogP contribution in [0.5, 0.6) is 0 Å². The molecule has 0 amide bonds. The lowest BCUT2D eigenvalue weighted by Gasteiger charge is -2.14. The van der Waals surface area contributed by atoms with Crippen LogP contribution in [0.4, 0.5) is 0 Å². The maximum absolute atomic E-state index is 3.42. The van der Waals surface area contributed by atoms with Crippen molar-refractivity contribution in [1.82, 2.24) is 27.2 Å². The summed E-state index contributed by atoms with van der Waals surface area (Å²) < 4.78 is 0. The van der Waals surface area contributed by atoms with Crippen molar-refractivity contribution < 1.29 is 0 Å². The largest absolute Gasteiger partial charge is 0.314 e. The van der Waals surface area contributed by atoms with Crippen LogP contribution in [0.15, 0.2) is 30.3 Å². The van der Waals surface area contributed by atoms with Gasteiger partial charge in [0.25, 0.3) is 0 Å². The molecule has 1 saturated heterocycles. The first-order valence-corrected chi connectivity index (χ1v) is 6.13. The third-order valence-corrected chi connectivity index (χ3v) is 3.03. The molecule has 5 nitrogen and oxygen atoms in total. The summed E-state index contributed by atoms with van der Waals surface area (Å²) in [5.41, 5.74) is 13.1. The quantitative estimate of drug-likeness (QED) is 0.456. The topological polar surface area (TPSA) is 60.1 Å². The van der Waals surface area contributed by atoms with E-state index in [1.54, 1.807) is 0 Å². The molecule has 0 bridgehead atoms. The summed E-state index contributed by atoms with van der Waals surface area (Å²) in [5, 5.41) is 3.42. The van der Waals surface area contributed by atoms with Crippen LogP contribution in [0.25, 0.3) is 0 Å². The molecule has 17 heavy (non-hydrogen) atoms. The van der Waals surface area contributed by atoms with Crippen LogP contribution in [-0.2, 0) is 0 Å². The van der Waals surface area contributed by atoms with Crippen molar-refractivity contribution >= 4 is 0 Å². The van der Waals surface area contributed by atoms with E-state index in [0.717, 1.165) is 19.5 Å². The Hall–Kier alpha value is -0.980. The maximum atomic E-state index is 3.42. The predicted molar refractivity (Wildman–Crippen MR) is 68.7 cm³/mol. The fraction of sp³-hybridized carbons (Fsp3) is 0.500. The van der Waals surface area contributed by atoms with Gasteiger partial charge in [-0.3, -0.25) is 0 Å². The lowest BCUT2D eigenvalue weighted by molar-refractivity contribution is 0.469. The third-order valence-electron chi connectivity index (χ3n) is 3.03. The zero-order valence-corrected chi connectivity index (χ0v) is 10.2. The summed E-state index contributed by atoms with van der Waals surface area (Å²) in [6.07, 6.45) is 1.39. The highest BCUT2D eigenvalue weighted by atomic mass is 15.8. The molecule has 0 saturated carbocycles. The van der Waals surface area contributed by atoms with E-state index in [9.17, 15) is 0 Å². The third kappa shape index (κ3) is 4.07. The van der Waals surface area contributed by atoms with Gasteiger partial charge in [0.2, 0.25) is 0 Å². The Morgan fingerprint density at radius 1 is 1.18 bits per heavy atom. The lowest BCUT2D eigenvalue weighted by Crippen LogP contribution is -2.43. The number of rotatable bonds is 6. The van der Waals surface area contributed by atoms with Gasteiger partial charge in [-0.15, -0.1) is 0 Å². The van der Waals surface area contributed by atoms with Crippen LogP contribution in [0.1, 0.15) is 24.8 Å². The van der Waals surface area contributed by atoms with Crippen LogP contribution in [0, 0.1) is 0 Å². The molecule has 0 radical (unpaired) electrons. The van der Waals surface area contributed by atoms with Crippen LogP contribution in [-0.4, -0.2) is 19.3 Å². The highest BCUT2D eigenvalue weighted by Gasteiger charge is 2.11. The fourth-order valence-corrected chi connectivity index (χ4v) is 1.90. The van der Waals surface area contributed by atoms with Crippen LogP contribution in [0.2, 0.25) is 0 Å². The van der Waals surface area contributed by atoms with Gasteiger partial charge >= 0.3 is 0 Å².